The highest BCUT2D eigenvalue weighted by Crippen LogP contribution is 2.70. The summed E-state index contributed by atoms with van der Waals surface area (Å²) in [4.78, 5) is 25.6. The fourth-order valence-electron chi connectivity index (χ4n) is 10.3. The van der Waals surface area contributed by atoms with Gasteiger partial charge in [0, 0.05) is 12.8 Å². The van der Waals surface area contributed by atoms with E-state index in [1.54, 1.807) is 12.2 Å². The molecule has 5 nitrogen and oxygen atoms in total. The SMILES string of the molecule is CC(=O)OC1CC2C3CCC(C(C)C4CC4C(C)C(C)C)C3(C)CC(O)C2C2(C)C(=O)C=CCC12O. The molecule has 4 fully saturated rings. The first-order valence-corrected chi connectivity index (χ1v) is 14.6. The van der Waals surface area contributed by atoms with Crippen molar-refractivity contribution in [1.82, 2.24) is 0 Å². The molecule has 0 amide bonds. The zero-order valence-electron chi connectivity index (χ0n) is 23.4. The number of esters is 1. The lowest BCUT2D eigenvalue weighted by Crippen LogP contribution is -2.72. The van der Waals surface area contributed by atoms with Crippen LogP contribution < -0.4 is 0 Å². The molecule has 36 heavy (non-hydrogen) atoms. The van der Waals surface area contributed by atoms with Crippen LogP contribution in [-0.4, -0.2) is 39.8 Å². The molecular formula is C31H48O5. The number of carbonyl (C=O) groups excluding carboxylic acids is 2. The second-order valence-electron chi connectivity index (χ2n) is 14.2. The number of ether oxygens (including phenoxy) is 1. The topological polar surface area (TPSA) is 83.8 Å². The predicted molar refractivity (Wildman–Crippen MR) is 139 cm³/mol. The van der Waals surface area contributed by atoms with Gasteiger partial charge in [-0.2, -0.15) is 0 Å². The van der Waals surface area contributed by atoms with Gasteiger partial charge < -0.3 is 14.9 Å². The normalized spacial score (nSPS) is 51.2. The van der Waals surface area contributed by atoms with E-state index in [0.717, 1.165) is 30.6 Å². The first-order chi connectivity index (χ1) is 16.8. The molecule has 0 saturated heterocycles. The van der Waals surface area contributed by atoms with Crippen molar-refractivity contribution in [3.63, 3.8) is 0 Å². The molecule has 5 heteroatoms. The van der Waals surface area contributed by atoms with Crippen LogP contribution in [0.15, 0.2) is 12.2 Å². The van der Waals surface area contributed by atoms with Crippen molar-refractivity contribution in [3.8, 4) is 0 Å². The second-order valence-corrected chi connectivity index (χ2v) is 14.2. The van der Waals surface area contributed by atoms with Gasteiger partial charge in [0.2, 0.25) is 0 Å². The maximum atomic E-state index is 13.5. The molecule has 5 aliphatic carbocycles. The van der Waals surface area contributed by atoms with Crippen LogP contribution in [0.3, 0.4) is 0 Å². The van der Waals surface area contributed by atoms with E-state index in [1.165, 1.54) is 13.3 Å². The van der Waals surface area contributed by atoms with Crippen LogP contribution in [0.5, 0.6) is 0 Å². The van der Waals surface area contributed by atoms with E-state index < -0.39 is 29.2 Å². The number of fused-ring (bicyclic) bond motifs is 5. The Labute approximate surface area is 217 Å². The lowest BCUT2D eigenvalue weighted by atomic mass is 9.42. The predicted octanol–water partition coefficient (Wildman–Crippen LogP) is 5.18. The van der Waals surface area contributed by atoms with Crippen molar-refractivity contribution in [1.29, 1.82) is 0 Å². The van der Waals surface area contributed by atoms with E-state index in [1.807, 2.05) is 6.92 Å². The molecule has 0 heterocycles. The van der Waals surface area contributed by atoms with Gasteiger partial charge in [-0.05, 0) is 104 Å². The van der Waals surface area contributed by atoms with Gasteiger partial charge in [0.15, 0.2) is 5.78 Å². The zero-order valence-corrected chi connectivity index (χ0v) is 23.4. The maximum Gasteiger partial charge on any atom is 0.303 e. The third-order valence-corrected chi connectivity index (χ3v) is 12.6. The number of rotatable bonds is 5. The van der Waals surface area contributed by atoms with Crippen molar-refractivity contribution in [2.45, 2.75) is 105 Å². The van der Waals surface area contributed by atoms with E-state index in [2.05, 4.69) is 34.6 Å². The van der Waals surface area contributed by atoms with Crippen LogP contribution in [0.25, 0.3) is 0 Å². The number of hydrogen-bond acceptors (Lipinski definition) is 5. The lowest BCUT2D eigenvalue weighted by molar-refractivity contribution is -0.257. The number of aliphatic hydroxyl groups excluding tert-OH is 1. The summed E-state index contributed by atoms with van der Waals surface area (Å²) in [5.41, 5.74) is -2.65. The summed E-state index contributed by atoms with van der Waals surface area (Å²) in [5, 5.41) is 23.8. The number of aliphatic hydroxyl groups is 2. The molecule has 0 bridgehead atoms. The summed E-state index contributed by atoms with van der Waals surface area (Å²) < 4.78 is 5.77. The minimum atomic E-state index is -1.49. The van der Waals surface area contributed by atoms with Gasteiger partial charge in [0.05, 0.1) is 11.5 Å². The van der Waals surface area contributed by atoms with Gasteiger partial charge in [-0.25, -0.2) is 0 Å². The molecule has 0 aromatic heterocycles. The van der Waals surface area contributed by atoms with Gasteiger partial charge in [-0.3, -0.25) is 9.59 Å². The number of allylic oxidation sites excluding steroid dienone is 1. The molecular weight excluding hydrogens is 452 g/mol. The van der Waals surface area contributed by atoms with Crippen molar-refractivity contribution in [3.05, 3.63) is 12.2 Å². The van der Waals surface area contributed by atoms with E-state index in [9.17, 15) is 19.8 Å². The largest absolute Gasteiger partial charge is 0.459 e. The number of hydrogen-bond donors (Lipinski definition) is 2. The molecule has 2 N–H and O–H groups in total. The molecule has 0 aliphatic heterocycles. The smallest absolute Gasteiger partial charge is 0.303 e. The van der Waals surface area contributed by atoms with Crippen molar-refractivity contribution in [2.24, 2.45) is 64.1 Å². The minimum Gasteiger partial charge on any atom is -0.459 e. The first-order valence-electron chi connectivity index (χ1n) is 14.6. The highest BCUT2D eigenvalue weighted by Gasteiger charge is 2.72. The van der Waals surface area contributed by atoms with Gasteiger partial charge in [0.1, 0.15) is 11.7 Å². The molecule has 4 saturated carbocycles. The Morgan fingerprint density at radius 2 is 1.81 bits per heavy atom. The van der Waals surface area contributed by atoms with E-state index in [0.29, 0.717) is 36.5 Å². The van der Waals surface area contributed by atoms with Gasteiger partial charge >= 0.3 is 5.97 Å². The van der Waals surface area contributed by atoms with Crippen LogP contribution in [0.2, 0.25) is 0 Å². The first kappa shape index (κ1) is 26.4. The number of ketones is 1. The highest BCUT2D eigenvalue weighted by molar-refractivity contribution is 5.97. The molecule has 0 spiro atoms. The second kappa shape index (κ2) is 8.66. The molecule has 0 aromatic rings. The van der Waals surface area contributed by atoms with Crippen LogP contribution in [0.4, 0.5) is 0 Å². The average molecular weight is 501 g/mol. The van der Waals surface area contributed by atoms with Crippen molar-refractivity contribution >= 4 is 11.8 Å². The Hall–Kier alpha value is -1.20. The van der Waals surface area contributed by atoms with E-state index >= 15 is 0 Å². The van der Waals surface area contributed by atoms with Gasteiger partial charge in [0.25, 0.3) is 0 Å². The molecule has 13 unspecified atom stereocenters. The third-order valence-electron chi connectivity index (χ3n) is 12.6. The van der Waals surface area contributed by atoms with Crippen LogP contribution >= 0.6 is 0 Å². The zero-order chi connectivity index (χ0) is 26.4. The minimum absolute atomic E-state index is 0.00560. The Bertz CT molecular complexity index is 941. The maximum absolute atomic E-state index is 13.5. The van der Waals surface area contributed by atoms with Gasteiger partial charge in [-0.15, -0.1) is 0 Å². The molecule has 13 atom stereocenters. The third kappa shape index (κ3) is 3.54. The quantitative estimate of drug-likeness (QED) is 0.508. The molecule has 202 valence electrons. The molecule has 0 aromatic carbocycles. The Kier molecular flexibility index (Phi) is 6.35. The lowest BCUT2D eigenvalue weighted by Gasteiger charge is -2.64. The number of carbonyl (C=O) groups is 2. The Morgan fingerprint density at radius 3 is 2.44 bits per heavy atom. The Balaban J connectivity index is 1.47. The van der Waals surface area contributed by atoms with Crippen LogP contribution in [0.1, 0.15) is 87.0 Å². The monoisotopic (exact) mass is 500 g/mol. The molecule has 5 rings (SSSR count). The summed E-state index contributed by atoms with van der Waals surface area (Å²) in [6, 6.07) is 0. The van der Waals surface area contributed by atoms with E-state index in [-0.39, 0.29) is 29.5 Å². The van der Waals surface area contributed by atoms with Crippen LogP contribution in [0, 0.1) is 64.1 Å². The average Bonchev–Trinajstić information content (AvgIpc) is 3.50. The summed E-state index contributed by atoms with van der Waals surface area (Å²) in [7, 11) is 0. The summed E-state index contributed by atoms with van der Waals surface area (Å²) in [5.74, 6) is 3.72. The van der Waals surface area contributed by atoms with E-state index in [4.69, 9.17) is 4.74 Å². The summed E-state index contributed by atoms with van der Waals surface area (Å²) in [6.07, 6.45) is 6.93. The fourth-order valence-corrected chi connectivity index (χ4v) is 10.3. The Morgan fingerprint density at radius 1 is 1.11 bits per heavy atom. The van der Waals surface area contributed by atoms with Gasteiger partial charge in [-0.1, -0.05) is 40.7 Å². The van der Waals surface area contributed by atoms with Crippen molar-refractivity contribution in [2.75, 3.05) is 0 Å². The van der Waals surface area contributed by atoms with Crippen molar-refractivity contribution < 1.29 is 24.5 Å². The standard InChI is InChI=1S/C31H48O5/c1-16(2)17(3)20-13-21(20)18(4)23-10-11-24-22-14-27(36-19(5)32)31(35)12-8-9-26(34)30(31,7)28(22)25(33)15-29(23,24)6/h8-9,16-18,20-25,27-28,33,35H,10-15H2,1-7H3. The van der Waals surface area contributed by atoms with Crippen LogP contribution in [-0.2, 0) is 14.3 Å². The molecule has 5 aliphatic rings. The summed E-state index contributed by atoms with van der Waals surface area (Å²) >= 11 is 0. The molecule has 0 radical (unpaired) electrons. The summed E-state index contributed by atoms with van der Waals surface area (Å²) in [6.45, 7) is 15.1. The fraction of sp³-hybridized carbons (Fsp3) is 0.871. The highest BCUT2D eigenvalue weighted by atomic mass is 16.6.